The largest absolute Gasteiger partial charge is 0.380 e. The van der Waals surface area contributed by atoms with E-state index >= 15 is 0 Å². The van der Waals surface area contributed by atoms with Crippen molar-refractivity contribution in [2.75, 3.05) is 51.3 Å². The molecule has 1 atom stereocenters. The highest BCUT2D eigenvalue weighted by Crippen LogP contribution is 2.11. The summed E-state index contributed by atoms with van der Waals surface area (Å²) in [5.74, 6) is 0.763. The van der Waals surface area contributed by atoms with E-state index in [0.29, 0.717) is 12.6 Å². The molecule has 0 spiro atoms. The number of ether oxygens (including phenoxy) is 1. The molecule has 1 unspecified atom stereocenters. The molecule has 2 rings (SSSR count). The zero-order valence-corrected chi connectivity index (χ0v) is 14.7. The van der Waals surface area contributed by atoms with E-state index in [1.165, 1.54) is 0 Å². The monoisotopic (exact) mass is 323 g/mol. The number of carbonyl (C=O) groups excluding carboxylic acids is 1. The Morgan fingerprint density at radius 1 is 1.48 bits per heavy atom. The first-order valence-electron chi connectivity index (χ1n) is 8.34. The van der Waals surface area contributed by atoms with Crippen molar-refractivity contribution in [1.82, 2.24) is 19.6 Å². The average Bonchev–Trinajstić information content (AvgIpc) is 2.79. The van der Waals surface area contributed by atoms with Crippen molar-refractivity contribution in [3.8, 4) is 0 Å². The van der Waals surface area contributed by atoms with Crippen molar-refractivity contribution in [2.24, 2.45) is 7.05 Å². The van der Waals surface area contributed by atoms with Crippen molar-refractivity contribution < 1.29 is 9.53 Å². The highest BCUT2D eigenvalue weighted by Gasteiger charge is 2.24. The first-order valence-corrected chi connectivity index (χ1v) is 8.34. The number of nitrogens with zero attached hydrogens (tertiary/aromatic N) is 4. The lowest BCUT2D eigenvalue weighted by Crippen LogP contribution is -2.54. The second kappa shape index (κ2) is 8.42. The highest BCUT2D eigenvalue weighted by atomic mass is 16.5. The van der Waals surface area contributed by atoms with Crippen molar-refractivity contribution in [2.45, 2.75) is 26.8 Å². The summed E-state index contributed by atoms with van der Waals surface area (Å²) in [5.41, 5.74) is 0.902. The van der Waals surface area contributed by atoms with Crippen LogP contribution in [0.1, 0.15) is 19.5 Å². The molecule has 0 aliphatic carbocycles. The summed E-state index contributed by atoms with van der Waals surface area (Å²) in [6.45, 7) is 11.9. The van der Waals surface area contributed by atoms with Crippen molar-refractivity contribution >= 4 is 11.7 Å². The second-order valence-corrected chi connectivity index (χ2v) is 6.16. The molecule has 1 saturated heterocycles. The fraction of sp³-hybridized carbons (Fsp3) is 0.750. The van der Waals surface area contributed by atoms with Crippen molar-refractivity contribution in [3.63, 3.8) is 0 Å². The predicted octanol–water partition coefficient (Wildman–Crippen LogP) is 0.710. The Bertz CT molecular complexity index is 517. The van der Waals surface area contributed by atoms with Gasteiger partial charge in [0.15, 0.2) is 0 Å². The Morgan fingerprint density at radius 3 is 2.87 bits per heavy atom. The molecule has 7 nitrogen and oxygen atoms in total. The standard InChI is InChI=1S/C16H29N5O2/c1-5-23-9-8-21-7-6-20(11-14(21)3)12-16(22)17-15-10-13(2)18-19(15)4/h10,14H,5-9,11-12H2,1-4H3,(H,17,22). The van der Waals surface area contributed by atoms with E-state index in [-0.39, 0.29) is 5.91 Å². The van der Waals surface area contributed by atoms with Crippen LogP contribution in [-0.4, -0.2) is 77.5 Å². The number of anilines is 1. The summed E-state index contributed by atoms with van der Waals surface area (Å²) in [6.07, 6.45) is 0. The van der Waals surface area contributed by atoms with Crippen molar-refractivity contribution in [3.05, 3.63) is 11.8 Å². The maximum absolute atomic E-state index is 12.2. The lowest BCUT2D eigenvalue weighted by atomic mass is 10.2. The second-order valence-electron chi connectivity index (χ2n) is 6.16. The molecular formula is C16H29N5O2. The summed E-state index contributed by atoms with van der Waals surface area (Å²) in [7, 11) is 1.84. The molecular weight excluding hydrogens is 294 g/mol. The summed E-state index contributed by atoms with van der Waals surface area (Å²) >= 11 is 0. The fourth-order valence-corrected chi connectivity index (χ4v) is 2.99. The van der Waals surface area contributed by atoms with Gasteiger partial charge in [0, 0.05) is 51.9 Å². The molecule has 0 radical (unpaired) electrons. The summed E-state index contributed by atoms with van der Waals surface area (Å²) in [4.78, 5) is 16.8. The number of nitrogens with one attached hydrogen (secondary N) is 1. The van der Waals surface area contributed by atoms with Crippen LogP contribution in [0.15, 0.2) is 6.07 Å². The number of hydrogen-bond acceptors (Lipinski definition) is 5. The third-order valence-corrected chi connectivity index (χ3v) is 4.21. The summed E-state index contributed by atoms with van der Waals surface area (Å²) < 4.78 is 7.12. The van der Waals surface area contributed by atoms with E-state index in [1.807, 2.05) is 27.0 Å². The zero-order valence-electron chi connectivity index (χ0n) is 14.7. The third kappa shape index (κ3) is 5.30. The van der Waals surface area contributed by atoms with Gasteiger partial charge >= 0.3 is 0 Å². The van der Waals surface area contributed by atoms with Crippen LogP contribution in [0, 0.1) is 6.92 Å². The van der Waals surface area contributed by atoms with Crippen LogP contribution in [0.25, 0.3) is 0 Å². The van der Waals surface area contributed by atoms with E-state index < -0.39 is 0 Å². The van der Waals surface area contributed by atoms with Crippen LogP contribution in [0.3, 0.4) is 0 Å². The molecule has 7 heteroatoms. The molecule has 1 amide bonds. The Labute approximate surface area is 138 Å². The van der Waals surface area contributed by atoms with Gasteiger partial charge in [-0.2, -0.15) is 5.10 Å². The molecule has 23 heavy (non-hydrogen) atoms. The average molecular weight is 323 g/mol. The Balaban J connectivity index is 1.76. The molecule has 1 N–H and O–H groups in total. The Morgan fingerprint density at radius 2 is 2.26 bits per heavy atom. The number of aryl methyl sites for hydroxylation is 2. The quantitative estimate of drug-likeness (QED) is 0.749. The minimum absolute atomic E-state index is 0.0166. The van der Waals surface area contributed by atoms with Crippen LogP contribution in [0.2, 0.25) is 0 Å². The SMILES string of the molecule is CCOCCN1CCN(CC(=O)Nc2cc(C)nn2C)CC1C. The lowest BCUT2D eigenvalue weighted by Gasteiger charge is -2.39. The number of piperazine rings is 1. The topological polar surface area (TPSA) is 62.6 Å². The zero-order chi connectivity index (χ0) is 16.8. The molecule has 0 aromatic carbocycles. The van der Waals surface area contributed by atoms with Gasteiger partial charge in [0.25, 0.3) is 0 Å². The fourth-order valence-electron chi connectivity index (χ4n) is 2.99. The number of carbonyl (C=O) groups is 1. The smallest absolute Gasteiger partial charge is 0.239 e. The molecule has 1 aliphatic rings. The number of amides is 1. The van der Waals surface area contributed by atoms with Gasteiger partial charge in [0.2, 0.25) is 5.91 Å². The maximum atomic E-state index is 12.2. The van der Waals surface area contributed by atoms with Gasteiger partial charge in [-0.25, -0.2) is 0 Å². The van der Waals surface area contributed by atoms with Crippen LogP contribution < -0.4 is 5.32 Å². The molecule has 1 aromatic heterocycles. The molecule has 1 aliphatic heterocycles. The molecule has 0 bridgehead atoms. The van der Waals surface area contributed by atoms with Crippen LogP contribution >= 0.6 is 0 Å². The van der Waals surface area contributed by atoms with Gasteiger partial charge in [-0.15, -0.1) is 0 Å². The highest BCUT2D eigenvalue weighted by molar-refractivity contribution is 5.91. The number of rotatable bonds is 7. The van der Waals surface area contributed by atoms with Crippen LogP contribution in [0.4, 0.5) is 5.82 Å². The number of aromatic nitrogens is 2. The maximum Gasteiger partial charge on any atom is 0.239 e. The first-order chi connectivity index (χ1) is 11.0. The van der Waals surface area contributed by atoms with E-state index in [1.54, 1.807) is 4.68 Å². The van der Waals surface area contributed by atoms with E-state index in [0.717, 1.165) is 50.9 Å². The van der Waals surface area contributed by atoms with Crippen LogP contribution in [-0.2, 0) is 16.6 Å². The molecule has 1 aromatic rings. The van der Waals surface area contributed by atoms with Gasteiger partial charge in [0.1, 0.15) is 5.82 Å². The van der Waals surface area contributed by atoms with Crippen molar-refractivity contribution in [1.29, 1.82) is 0 Å². The molecule has 130 valence electrons. The third-order valence-electron chi connectivity index (χ3n) is 4.21. The molecule has 2 heterocycles. The van der Waals surface area contributed by atoms with E-state index in [9.17, 15) is 4.79 Å². The minimum atomic E-state index is 0.0166. The Kier molecular flexibility index (Phi) is 6.56. The van der Waals surface area contributed by atoms with Gasteiger partial charge in [-0.3, -0.25) is 19.3 Å². The van der Waals surface area contributed by atoms with Crippen LogP contribution in [0.5, 0.6) is 0 Å². The number of hydrogen-bond donors (Lipinski definition) is 1. The molecule has 0 saturated carbocycles. The predicted molar refractivity (Wildman–Crippen MR) is 90.5 cm³/mol. The summed E-state index contributed by atoms with van der Waals surface area (Å²) in [6, 6.07) is 2.32. The van der Waals surface area contributed by atoms with Gasteiger partial charge < -0.3 is 10.1 Å². The van der Waals surface area contributed by atoms with E-state index in [2.05, 4.69) is 27.1 Å². The first kappa shape index (κ1) is 17.9. The molecule has 1 fully saturated rings. The summed E-state index contributed by atoms with van der Waals surface area (Å²) in [5, 5.41) is 7.17. The van der Waals surface area contributed by atoms with Gasteiger partial charge in [0.05, 0.1) is 18.8 Å². The van der Waals surface area contributed by atoms with E-state index in [4.69, 9.17) is 4.74 Å². The Hall–Kier alpha value is -1.44. The minimum Gasteiger partial charge on any atom is -0.380 e. The normalized spacial score (nSPS) is 19.9. The lowest BCUT2D eigenvalue weighted by molar-refractivity contribution is -0.118. The van der Waals surface area contributed by atoms with Gasteiger partial charge in [-0.05, 0) is 20.8 Å². The van der Waals surface area contributed by atoms with Gasteiger partial charge in [-0.1, -0.05) is 0 Å².